The third-order valence-corrected chi connectivity index (χ3v) is 6.15. The van der Waals surface area contributed by atoms with Crippen LogP contribution in [0.4, 0.5) is 10.2 Å². The number of hydrazone groups is 1. The quantitative estimate of drug-likeness (QED) is 0.210. The van der Waals surface area contributed by atoms with Crippen LogP contribution in [0.15, 0.2) is 52.2 Å². The van der Waals surface area contributed by atoms with Crippen molar-refractivity contribution < 1.29 is 23.3 Å². The summed E-state index contributed by atoms with van der Waals surface area (Å²) in [6.45, 7) is 4.68. The van der Waals surface area contributed by atoms with Crippen molar-refractivity contribution in [1.29, 1.82) is 0 Å². The highest BCUT2D eigenvalue weighted by molar-refractivity contribution is 5.95. The first-order chi connectivity index (χ1) is 19.5. The zero-order valence-corrected chi connectivity index (χ0v) is 21.8. The fourth-order valence-electron chi connectivity index (χ4n) is 4.28. The van der Waals surface area contributed by atoms with Crippen molar-refractivity contribution in [2.45, 2.75) is 32.9 Å². The van der Waals surface area contributed by atoms with Crippen molar-refractivity contribution in [2.75, 3.05) is 25.4 Å². The molecule has 5 rings (SSSR count). The molecule has 0 spiro atoms. The number of amides is 1. The van der Waals surface area contributed by atoms with E-state index in [-0.39, 0.29) is 29.8 Å². The van der Waals surface area contributed by atoms with Gasteiger partial charge in [0.1, 0.15) is 18.1 Å². The lowest BCUT2D eigenvalue weighted by Crippen LogP contribution is -2.26. The van der Waals surface area contributed by atoms with Crippen LogP contribution in [0.5, 0.6) is 11.5 Å². The molecule has 0 radical (unpaired) electrons. The second-order valence-corrected chi connectivity index (χ2v) is 9.01. The zero-order valence-electron chi connectivity index (χ0n) is 21.8. The highest BCUT2D eigenvalue weighted by Crippen LogP contribution is 2.29. The minimum atomic E-state index is -0.557. The summed E-state index contributed by atoms with van der Waals surface area (Å²) in [4.78, 5) is 15.4. The second kappa shape index (κ2) is 12.3. The predicted molar refractivity (Wildman–Crippen MR) is 142 cm³/mol. The number of carbonyl (C=O) groups is 1. The summed E-state index contributed by atoms with van der Waals surface area (Å²) >= 11 is 0. The third kappa shape index (κ3) is 6.23. The monoisotopic (exact) mass is 549 g/mol. The van der Waals surface area contributed by atoms with Gasteiger partial charge in [-0.05, 0) is 84.6 Å². The van der Waals surface area contributed by atoms with Crippen molar-refractivity contribution in [3.05, 3.63) is 70.8 Å². The van der Waals surface area contributed by atoms with E-state index in [9.17, 15) is 9.18 Å². The predicted octanol–water partition coefficient (Wildman–Crippen LogP) is 2.71. The van der Waals surface area contributed by atoms with E-state index >= 15 is 0 Å². The fourth-order valence-corrected chi connectivity index (χ4v) is 4.28. The molecule has 2 aromatic heterocycles. The van der Waals surface area contributed by atoms with Crippen LogP contribution in [-0.4, -0.2) is 62.0 Å². The van der Waals surface area contributed by atoms with E-state index in [2.05, 4.69) is 40.7 Å². The Morgan fingerprint density at radius 2 is 2.02 bits per heavy atom. The molecule has 0 aliphatic carbocycles. The Kier molecular flexibility index (Phi) is 8.25. The number of hydrogen-bond acceptors (Lipinski definition) is 11. The molecule has 13 nitrogen and oxygen atoms in total. The summed E-state index contributed by atoms with van der Waals surface area (Å²) < 4.78 is 30.9. The van der Waals surface area contributed by atoms with Crippen LogP contribution in [0.25, 0.3) is 5.82 Å². The Balaban J connectivity index is 1.31. The zero-order chi connectivity index (χ0) is 27.9. The lowest BCUT2D eigenvalue weighted by Gasteiger charge is -2.13. The van der Waals surface area contributed by atoms with Gasteiger partial charge in [-0.15, -0.1) is 5.10 Å². The Bertz CT molecular complexity index is 1500. The lowest BCUT2D eigenvalue weighted by atomic mass is 10.2. The van der Waals surface area contributed by atoms with Gasteiger partial charge in [-0.25, -0.2) is 14.4 Å². The van der Waals surface area contributed by atoms with Gasteiger partial charge in [0.05, 0.1) is 12.8 Å². The highest BCUT2D eigenvalue weighted by atomic mass is 19.1. The molecule has 1 aliphatic rings. The van der Waals surface area contributed by atoms with E-state index in [4.69, 9.17) is 15.2 Å². The summed E-state index contributed by atoms with van der Waals surface area (Å²) in [5.74, 6) is 0.120. The van der Waals surface area contributed by atoms with Crippen LogP contribution in [0.1, 0.15) is 47.1 Å². The number of hydrogen-bond donors (Lipinski definition) is 2. The van der Waals surface area contributed by atoms with Crippen LogP contribution < -0.4 is 20.6 Å². The van der Waals surface area contributed by atoms with Crippen molar-refractivity contribution >= 4 is 17.9 Å². The minimum Gasteiger partial charge on any atom is -0.490 e. The number of halogens is 1. The first-order valence-corrected chi connectivity index (χ1v) is 12.7. The molecule has 0 unspecified atom stereocenters. The van der Waals surface area contributed by atoms with Gasteiger partial charge in [0.25, 0.3) is 5.91 Å². The van der Waals surface area contributed by atoms with E-state index in [1.165, 1.54) is 23.0 Å². The van der Waals surface area contributed by atoms with E-state index in [1.54, 1.807) is 30.3 Å². The first-order valence-electron chi connectivity index (χ1n) is 12.7. The SMILES string of the molecule is CCOc1cc(/C=N/NC(=O)c2c(CN3CCCC3)nnn2-c2nonc2N)ccc1OCc1cccc(F)c1. The molecule has 14 heteroatoms. The second-order valence-electron chi connectivity index (χ2n) is 9.01. The molecule has 1 amide bonds. The van der Waals surface area contributed by atoms with E-state index in [1.807, 2.05) is 6.92 Å². The summed E-state index contributed by atoms with van der Waals surface area (Å²) in [5.41, 5.74) is 10.3. The third-order valence-electron chi connectivity index (χ3n) is 6.15. The highest BCUT2D eigenvalue weighted by Gasteiger charge is 2.27. The van der Waals surface area contributed by atoms with Crippen molar-refractivity contribution in [2.24, 2.45) is 5.10 Å². The molecule has 1 saturated heterocycles. The Morgan fingerprint density at radius 1 is 1.18 bits per heavy atom. The number of nitrogens with two attached hydrogens (primary N) is 1. The molecule has 1 fully saturated rings. The summed E-state index contributed by atoms with van der Waals surface area (Å²) in [6.07, 6.45) is 3.63. The minimum absolute atomic E-state index is 0.0293. The van der Waals surface area contributed by atoms with Gasteiger partial charge in [0, 0.05) is 6.54 Å². The van der Waals surface area contributed by atoms with E-state index in [0.29, 0.717) is 41.5 Å². The molecule has 40 heavy (non-hydrogen) atoms. The number of nitrogens with one attached hydrogen (secondary N) is 1. The molecular weight excluding hydrogens is 521 g/mol. The molecule has 0 atom stereocenters. The number of nitrogens with zero attached hydrogens (tertiary/aromatic N) is 7. The standard InChI is InChI=1S/C26H28FN9O4/c1-2-38-22-13-17(8-9-21(22)39-16-18-6-5-7-19(27)12-18)14-29-31-26(37)23-20(15-35-10-3-4-11-35)30-34-36(23)25-24(28)32-40-33-25/h5-9,12-14H,2-4,10-11,15-16H2,1H3,(H2,28,32)(H,31,37)/b29-14+. The van der Waals surface area contributed by atoms with Crippen molar-refractivity contribution in [3.8, 4) is 17.3 Å². The summed E-state index contributed by atoms with van der Waals surface area (Å²) in [5, 5.41) is 19.7. The van der Waals surface area contributed by atoms with Crippen molar-refractivity contribution in [3.63, 3.8) is 0 Å². The molecule has 208 valence electrons. The van der Waals surface area contributed by atoms with Gasteiger partial charge in [-0.1, -0.05) is 17.3 Å². The van der Waals surface area contributed by atoms with Gasteiger partial charge in [0.15, 0.2) is 17.2 Å². The molecule has 0 saturated carbocycles. The number of rotatable bonds is 11. The number of aromatic nitrogens is 5. The molecular formula is C26H28FN9O4. The first kappa shape index (κ1) is 26.7. The molecule has 3 N–H and O–H groups in total. The maximum atomic E-state index is 13.5. The Hall–Kier alpha value is -4.85. The van der Waals surface area contributed by atoms with E-state index in [0.717, 1.165) is 25.9 Å². The molecule has 0 bridgehead atoms. The molecule has 3 heterocycles. The lowest BCUT2D eigenvalue weighted by molar-refractivity contribution is 0.0945. The summed E-state index contributed by atoms with van der Waals surface area (Å²) in [7, 11) is 0. The average molecular weight is 550 g/mol. The number of anilines is 1. The smallest absolute Gasteiger partial charge is 0.292 e. The van der Waals surface area contributed by atoms with Gasteiger partial charge >= 0.3 is 0 Å². The largest absolute Gasteiger partial charge is 0.490 e. The molecule has 4 aromatic rings. The molecule has 1 aliphatic heterocycles. The van der Waals surface area contributed by atoms with Crippen LogP contribution in [0.2, 0.25) is 0 Å². The van der Waals surface area contributed by atoms with Crippen molar-refractivity contribution in [1.82, 2.24) is 35.6 Å². The van der Waals surface area contributed by atoms with Crippen LogP contribution in [0.3, 0.4) is 0 Å². The topological polar surface area (TPSA) is 159 Å². The van der Waals surface area contributed by atoms with Crippen LogP contribution >= 0.6 is 0 Å². The van der Waals surface area contributed by atoms with Crippen LogP contribution in [0, 0.1) is 5.82 Å². The number of benzene rings is 2. The number of likely N-dealkylation sites (tertiary alicyclic amines) is 1. The number of nitrogen functional groups attached to an aromatic ring is 1. The van der Waals surface area contributed by atoms with Gasteiger partial charge in [-0.3, -0.25) is 9.69 Å². The molecule has 2 aromatic carbocycles. The average Bonchev–Trinajstić information content (AvgIpc) is 3.70. The fraction of sp³-hybridized carbons (Fsp3) is 0.308. The normalized spacial score (nSPS) is 13.7. The maximum Gasteiger partial charge on any atom is 0.292 e. The van der Waals surface area contributed by atoms with Gasteiger partial charge in [0.2, 0.25) is 11.6 Å². The number of carbonyl (C=O) groups excluding carboxylic acids is 1. The van der Waals surface area contributed by atoms with Crippen LogP contribution in [-0.2, 0) is 13.2 Å². The number of ether oxygens (including phenoxy) is 2. The maximum absolute atomic E-state index is 13.5. The van der Waals surface area contributed by atoms with E-state index < -0.39 is 5.91 Å². The summed E-state index contributed by atoms with van der Waals surface area (Å²) in [6, 6.07) is 11.4. The Labute approximate surface area is 228 Å². The Morgan fingerprint density at radius 3 is 2.77 bits per heavy atom. The van der Waals surface area contributed by atoms with Gasteiger partial charge < -0.3 is 15.2 Å². The van der Waals surface area contributed by atoms with Gasteiger partial charge in [-0.2, -0.15) is 9.78 Å².